The van der Waals surface area contributed by atoms with Gasteiger partial charge in [-0.15, -0.1) is 0 Å². The molecule has 0 aromatic carbocycles. The van der Waals surface area contributed by atoms with Crippen LogP contribution >= 0.6 is 15.6 Å². The standard InChI is InChI=1S/C84H164O17P2/c1-8-10-11-12-13-14-15-16-17-18-19-23-26-29-37-44-51-58-65-81(86)94-71-79(100-83(88)67-60-53-46-38-30-27-24-21-20-22-25-28-34-41-48-55-62-75(3)4)73-98-102(90,91)96-69-78(85)70-97-103(92,93)99-74-80(72-95-82(87)66-59-52-45-40-33-35-42-49-56-63-76(5)6)101-84(89)68-61-54-47-39-32-31-36-43-50-57-64-77(7)9-2/h75-80,85H,8-74H2,1-7H3,(H,90,91)(H,92,93)/t77?,78-,79-,80-/m1/s1. The van der Waals surface area contributed by atoms with Gasteiger partial charge in [-0.05, 0) is 43.4 Å². The maximum atomic E-state index is 13.1. The maximum absolute atomic E-state index is 13.1. The molecule has 0 aliphatic rings. The molecule has 19 heteroatoms. The van der Waals surface area contributed by atoms with Crippen molar-refractivity contribution in [3.05, 3.63) is 0 Å². The fourth-order valence-electron chi connectivity index (χ4n) is 13.0. The number of aliphatic hydroxyl groups excluding tert-OH is 1. The SMILES string of the molecule is CCCCCCCCCCCCCCCCCCCCC(=O)OC[C@H](COP(=O)(O)OC[C@@H](O)COP(=O)(O)OC[C@@H](COC(=O)CCCCCCCCCCCC(C)C)OC(=O)CCCCCCCCCCCCC(C)CC)OC(=O)CCCCCCCCCCCCCCCCCCC(C)C. The topological polar surface area (TPSA) is 237 Å². The molecule has 0 aliphatic heterocycles. The van der Waals surface area contributed by atoms with Gasteiger partial charge in [0.05, 0.1) is 26.4 Å². The van der Waals surface area contributed by atoms with Crippen LogP contribution in [0.4, 0.5) is 0 Å². The van der Waals surface area contributed by atoms with E-state index in [1.54, 1.807) is 0 Å². The fourth-order valence-corrected chi connectivity index (χ4v) is 14.6. The van der Waals surface area contributed by atoms with Gasteiger partial charge in [0.2, 0.25) is 0 Å². The van der Waals surface area contributed by atoms with Crippen molar-refractivity contribution < 1.29 is 80.2 Å². The average Bonchev–Trinajstić information content (AvgIpc) is 0.917. The molecule has 3 N–H and O–H groups in total. The molecule has 0 rings (SSSR count). The van der Waals surface area contributed by atoms with Gasteiger partial charge in [0.25, 0.3) is 0 Å². The number of carbonyl (C=O) groups is 4. The zero-order valence-electron chi connectivity index (χ0n) is 67.8. The summed E-state index contributed by atoms with van der Waals surface area (Å²) in [6, 6.07) is 0. The molecule has 0 radical (unpaired) electrons. The molecule has 17 nitrogen and oxygen atoms in total. The quantitative estimate of drug-likeness (QED) is 0.0222. The number of aliphatic hydroxyl groups is 1. The van der Waals surface area contributed by atoms with Crippen LogP contribution in [-0.2, 0) is 65.4 Å². The molecular weight excluding hydrogens is 1340 g/mol. The van der Waals surface area contributed by atoms with Gasteiger partial charge in [0.15, 0.2) is 12.2 Å². The Morgan fingerprint density at radius 3 is 0.738 bits per heavy atom. The van der Waals surface area contributed by atoms with Crippen LogP contribution in [0.2, 0.25) is 0 Å². The second kappa shape index (κ2) is 74.2. The first-order valence-electron chi connectivity index (χ1n) is 43.4. The van der Waals surface area contributed by atoms with Gasteiger partial charge in [0, 0.05) is 25.7 Å². The summed E-state index contributed by atoms with van der Waals surface area (Å²) in [6.45, 7) is 12.0. The van der Waals surface area contributed by atoms with E-state index in [0.717, 1.165) is 108 Å². The zero-order valence-corrected chi connectivity index (χ0v) is 69.6. The third-order valence-electron chi connectivity index (χ3n) is 20.0. The van der Waals surface area contributed by atoms with Crippen LogP contribution in [-0.4, -0.2) is 96.7 Å². The summed E-state index contributed by atoms with van der Waals surface area (Å²) >= 11 is 0. The molecule has 0 aliphatic carbocycles. The van der Waals surface area contributed by atoms with Crippen molar-refractivity contribution in [3.8, 4) is 0 Å². The monoisotopic (exact) mass is 1510 g/mol. The van der Waals surface area contributed by atoms with Gasteiger partial charge in [-0.2, -0.15) is 0 Å². The van der Waals surface area contributed by atoms with E-state index >= 15 is 0 Å². The summed E-state index contributed by atoms with van der Waals surface area (Å²) in [5.74, 6) is 0.249. The predicted molar refractivity (Wildman–Crippen MR) is 423 cm³/mol. The van der Waals surface area contributed by atoms with Crippen LogP contribution in [0.25, 0.3) is 0 Å². The lowest BCUT2D eigenvalue weighted by Gasteiger charge is -2.21. The highest BCUT2D eigenvalue weighted by atomic mass is 31.2. The molecule has 0 amide bonds. The number of hydrogen-bond acceptors (Lipinski definition) is 15. The van der Waals surface area contributed by atoms with Crippen molar-refractivity contribution in [3.63, 3.8) is 0 Å². The molecule has 0 bridgehead atoms. The molecule has 0 fully saturated rings. The van der Waals surface area contributed by atoms with Crippen LogP contribution < -0.4 is 0 Å². The second-order valence-electron chi connectivity index (χ2n) is 31.4. The van der Waals surface area contributed by atoms with Crippen molar-refractivity contribution in [2.45, 2.75) is 458 Å². The average molecular weight is 1510 g/mol. The van der Waals surface area contributed by atoms with E-state index in [2.05, 4.69) is 48.5 Å². The molecule has 3 unspecified atom stereocenters. The van der Waals surface area contributed by atoms with Crippen LogP contribution in [0, 0.1) is 17.8 Å². The Hall–Kier alpha value is -1.94. The highest BCUT2D eigenvalue weighted by molar-refractivity contribution is 7.47. The van der Waals surface area contributed by atoms with E-state index in [9.17, 15) is 43.2 Å². The van der Waals surface area contributed by atoms with Gasteiger partial charge in [-0.25, -0.2) is 9.13 Å². The summed E-state index contributed by atoms with van der Waals surface area (Å²) in [6.07, 6.45) is 63.8. The minimum absolute atomic E-state index is 0.106. The number of ether oxygens (including phenoxy) is 4. The third-order valence-corrected chi connectivity index (χ3v) is 21.9. The summed E-state index contributed by atoms with van der Waals surface area (Å²) in [7, 11) is -9.93. The number of phosphoric acid groups is 2. The zero-order chi connectivity index (χ0) is 75.8. The van der Waals surface area contributed by atoms with Gasteiger partial charge in [0.1, 0.15) is 19.3 Å². The largest absolute Gasteiger partial charge is 0.472 e. The summed E-state index contributed by atoms with van der Waals surface area (Å²) < 4.78 is 68.9. The fraction of sp³-hybridized carbons (Fsp3) is 0.952. The molecule has 6 atom stereocenters. The molecule has 0 saturated carbocycles. The Kier molecular flexibility index (Phi) is 72.8. The van der Waals surface area contributed by atoms with Gasteiger partial charge < -0.3 is 33.8 Å². The molecule has 0 aromatic heterocycles. The van der Waals surface area contributed by atoms with Gasteiger partial charge >= 0.3 is 39.5 Å². The Bertz CT molecular complexity index is 1990. The number of carbonyl (C=O) groups excluding carboxylic acids is 4. The van der Waals surface area contributed by atoms with Crippen molar-refractivity contribution in [2.75, 3.05) is 39.6 Å². The Morgan fingerprint density at radius 2 is 0.495 bits per heavy atom. The minimum atomic E-state index is -4.97. The molecule has 612 valence electrons. The predicted octanol–water partition coefficient (Wildman–Crippen LogP) is 25.3. The Balaban J connectivity index is 5.26. The van der Waals surface area contributed by atoms with E-state index in [-0.39, 0.29) is 25.7 Å². The summed E-state index contributed by atoms with van der Waals surface area (Å²) in [5, 5.41) is 10.7. The van der Waals surface area contributed by atoms with E-state index < -0.39 is 97.5 Å². The van der Waals surface area contributed by atoms with Crippen LogP contribution in [0.3, 0.4) is 0 Å². The Labute approximate surface area is 632 Å². The molecule has 0 aromatic rings. The van der Waals surface area contributed by atoms with Crippen LogP contribution in [0.5, 0.6) is 0 Å². The molecule has 0 saturated heterocycles. The highest BCUT2D eigenvalue weighted by Crippen LogP contribution is 2.45. The minimum Gasteiger partial charge on any atom is -0.462 e. The number of unbranched alkanes of at least 4 members (excludes halogenated alkanes) is 49. The normalized spacial score (nSPS) is 14.2. The van der Waals surface area contributed by atoms with E-state index in [1.807, 2.05) is 0 Å². The smallest absolute Gasteiger partial charge is 0.462 e. The van der Waals surface area contributed by atoms with E-state index in [4.69, 9.17) is 37.0 Å². The summed E-state index contributed by atoms with van der Waals surface area (Å²) in [5.41, 5.74) is 0. The van der Waals surface area contributed by atoms with Crippen LogP contribution in [0.15, 0.2) is 0 Å². The van der Waals surface area contributed by atoms with Crippen molar-refractivity contribution >= 4 is 39.5 Å². The lowest BCUT2D eigenvalue weighted by atomic mass is 9.99. The van der Waals surface area contributed by atoms with Gasteiger partial charge in [-0.1, -0.05) is 389 Å². The number of phosphoric ester groups is 2. The van der Waals surface area contributed by atoms with Gasteiger partial charge in [-0.3, -0.25) is 37.3 Å². The van der Waals surface area contributed by atoms with Crippen molar-refractivity contribution in [2.24, 2.45) is 17.8 Å². The lowest BCUT2D eigenvalue weighted by Crippen LogP contribution is -2.30. The number of esters is 4. The maximum Gasteiger partial charge on any atom is 0.472 e. The molecule has 0 heterocycles. The number of rotatable bonds is 82. The summed E-state index contributed by atoms with van der Waals surface area (Å²) in [4.78, 5) is 73.2. The lowest BCUT2D eigenvalue weighted by molar-refractivity contribution is -0.161. The van der Waals surface area contributed by atoms with Crippen LogP contribution in [0.1, 0.15) is 440 Å². The van der Waals surface area contributed by atoms with E-state index in [0.29, 0.717) is 25.7 Å². The first-order chi connectivity index (χ1) is 49.8. The first-order valence-corrected chi connectivity index (χ1v) is 46.4. The Morgan fingerprint density at radius 1 is 0.282 bits per heavy atom. The highest BCUT2D eigenvalue weighted by Gasteiger charge is 2.30. The second-order valence-corrected chi connectivity index (χ2v) is 34.3. The number of hydrogen-bond donors (Lipinski definition) is 3. The molecule has 0 spiro atoms. The molecular formula is C84H164O17P2. The third kappa shape index (κ3) is 76.6. The van der Waals surface area contributed by atoms with Crippen molar-refractivity contribution in [1.82, 2.24) is 0 Å². The molecule has 103 heavy (non-hydrogen) atoms. The van der Waals surface area contributed by atoms with E-state index in [1.165, 1.54) is 250 Å². The first kappa shape index (κ1) is 101. The van der Waals surface area contributed by atoms with Crippen molar-refractivity contribution in [1.29, 1.82) is 0 Å².